The first-order valence-electron chi connectivity index (χ1n) is 10.4. The average molecular weight is 388 g/mol. The van der Waals surface area contributed by atoms with Gasteiger partial charge in [0.2, 0.25) is 5.91 Å². The number of carbonyl (C=O) groups excluding carboxylic acids is 1. The standard InChI is InChI=1S/C22H37N5O/c1-22(2,19-9-5-4-6-10-19)17-26-21(24-3)25-13-7-8-14-27-15-11-18(12-16-27)20(23)28/h4-6,9-10,18H,7-8,11-17H2,1-3H3,(H2,23,28)(H2,24,25,26). The number of hydrogen-bond donors (Lipinski definition) is 3. The molecule has 1 amide bonds. The van der Waals surface area contributed by atoms with Gasteiger partial charge in [0.15, 0.2) is 5.96 Å². The zero-order valence-corrected chi connectivity index (χ0v) is 17.7. The molecule has 1 aliphatic rings. The highest BCUT2D eigenvalue weighted by atomic mass is 16.1. The highest BCUT2D eigenvalue weighted by molar-refractivity contribution is 5.79. The van der Waals surface area contributed by atoms with Crippen LogP contribution >= 0.6 is 0 Å². The molecule has 1 saturated heterocycles. The predicted molar refractivity (Wildman–Crippen MR) is 116 cm³/mol. The SMILES string of the molecule is CN=C(NCCCCN1CCC(C(N)=O)CC1)NCC(C)(C)c1ccccc1. The van der Waals surface area contributed by atoms with Crippen LogP contribution in [0.5, 0.6) is 0 Å². The minimum Gasteiger partial charge on any atom is -0.369 e. The third kappa shape index (κ3) is 7.15. The van der Waals surface area contributed by atoms with Gasteiger partial charge in [-0.05, 0) is 50.9 Å². The molecule has 1 aromatic rings. The lowest BCUT2D eigenvalue weighted by molar-refractivity contribution is -0.123. The molecule has 0 saturated carbocycles. The van der Waals surface area contributed by atoms with Crippen LogP contribution < -0.4 is 16.4 Å². The average Bonchev–Trinajstić information content (AvgIpc) is 2.71. The second-order valence-corrected chi connectivity index (χ2v) is 8.33. The Hall–Kier alpha value is -2.08. The van der Waals surface area contributed by atoms with Crippen molar-refractivity contribution in [3.63, 3.8) is 0 Å². The number of nitrogens with one attached hydrogen (secondary N) is 2. The second kappa shape index (κ2) is 11.1. The highest BCUT2D eigenvalue weighted by Crippen LogP contribution is 2.21. The van der Waals surface area contributed by atoms with Crippen LogP contribution in [0.4, 0.5) is 0 Å². The van der Waals surface area contributed by atoms with E-state index in [2.05, 4.69) is 58.6 Å². The number of piperidine rings is 1. The minimum atomic E-state index is -0.141. The summed E-state index contributed by atoms with van der Waals surface area (Å²) < 4.78 is 0. The van der Waals surface area contributed by atoms with Gasteiger partial charge in [-0.1, -0.05) is 44.2 Å². The number of carbonyl (C=O) groups is 1. The highest BCUT2D eigenvalue weighted by Gasteiger charge is 2.22. The van der Waals surface area contributed by atoms with E-state index >= 15 is 0 Å². The van der Waals surface area contributed by atoms with Gasteiger partial charge in [0.05, 0.1) is 0 Å². The van der Waals surface area contributed by atoms with Crippen LogP contribution in [-0.2, 0) is 10.2 Å². The van der Waals surface area contributed by atoms with E-state index in [0.717, 1.165) is 64.4 Å². The third-order valence-corrected chi connectivity index (χ3v) is 5.66. The summed E-state index contributed by atoms with van der Waals surface area (Å²) >= 11 is 0. The van der Waals surface area contributed by atoms with Crippen molar-refractivity contribution < 1.29 is 4.79 Å². The van der Waals surface area contributed by atoms with Gasteiger partial charge in [-0.25, -0.2) is 0 Å². The molecule has 0 bridgehead atoms. The number of guanidine groups is 1. The molecule has 0 aliphatic carbocycles. The summed E-state index contributed by atoms with van der Waals surface area (Å²) in [5, 5.41) is 6.86. The largest absolute Gasteiger partial charge is 0.369 e. The van der Waals surface area contributed by atoms with E-state index in [4.69, 9.17) is 5.73 Å². The number of aliphatic imine (C=N–C) groups is 1. The van der Waals surface area contributed by atoms with Gasteiger partial charge in [-0.15, -0.1) is 0 Å². The molecule has 2 rings (SSSR count). The van der Waals surface area contributed by atoms with Gasteiger partial charge < -0.3 is 21.3 Å². The number of nitrogens with two attached hydrogens (primary N) is 1. The number of hydrogen-bond acceptors (Lipinski definition) is 3. The van der Waals surface area contributed by atoms with E-state index in [1.807, 2.05) is 13.1 Å². The number of rotatable bonds is 9. The van der Waals surface area contributed by atoms with Crippen molar-refractivity contribution in [1.82, 2.24) is 15.5 Å². The Bertz CT molecular complexity index is 621. The molecule has 28 heavy (non-hydrogen) atoms. The normalized spacial score (nSPS) is 16.8. The van der Waals surface area contributed by atoms with Gasteiger partial charge in [0.1, 0.15) is 0 Å². The summed E-state index contributed by atoms with van der Waals surface area (Å²) in [4.78, 5) is 18.0. The van der Waals surface area contributed by atoms with Crippen molar-refractivity contribution in [1.29, 1.82) is 0 Å². The van der Waals surface area contributed by atoms with Gasteiger partial charge in [-0.3, -0.25) is 9.79 Å². The lowest BCUT2D eigenvalue weighted by Crippen LogP contribution is -2.43. The molecule has 0 aromatic heterocycles. The van der Waals surface area contributed by atoms with Crippen LogP contribution in [0.25, 0.3) is 0 Å². The number of amides is 1. The number of nitrogens with zero attached hydrogens (tertiary/aromatic N) is 2. The van der Waals surface area contributed by atoms with Crippen LogP contribution in [0.15, 0.2) is 35.3 Å². The Morgan fingerprint density at radius 3 is 2.46 bits per heavy atom. The zero-order valence-electron chi connectivity index (χ0n) is 17.7. The van der Waals surface area contributed by atoms with Crippen molar-refractivity contribution in [3.05, 3.63) is 35.9 Å². The lowest BCUT2D eigenvalue weighted by atomic mass is 9.85. The predicted octanol–water partition coefficient (Wildman–Crippen LogP) is 2.11. The van der Waals surface area contributed by atoms with Crippen LogP contribution in [-0.4, -0.2) is 56.5 Å². The maximum absolute atomic E-state index is 11.2. The first-order chi connectivity index (χ1) is 13.4. The van der Waals surface area contributed by atoms with Crippen molar-refractivity contribution in [2.45, 2.75) is 44.9 Å². The summed E-state index contributed by atoms with van der Waals surface area (Å²) in [5.41, 5.74) is 6.75. The number of benzene rings is 1. The van der Waals surface area contributed by atoms with E-state index in [9.17, 15) is 4.79 Å². The molecule has 0 radical (unpaired) electrons. The van der Waals surface area contributed by atoms with E-state index in [0.29, 0.717) is 0 Å². The summed E-state index contributed by atoms with van der Waals surface area (Å²) in [5.74, 6) is 0.789. The molecule has 1 heterocycles. The van der Waals surface area contributed by atoms with Crippen molar-refractivity contribution in [3.8, 4) is 0 Å². The Morgan fingerprint density at radius 2 is 1.86 bits per heavy atom. The van der Waals surface area contributed by atoms with Crippen LogP contribution in [0.2, 0.25) is 0 Å². The maximum atomic E-state index is 11.2. The monoisotopic (exact) mass is 387 g/mol. The van der Waals surface area contributed by atoms with Gasteiger partial charge in [0.25, 0.3) is 0 Å². The van der Waals surface area contributed by atoms with Gasteiger partial charge in [0, 0.05) is 31.5 Å². The molecule has 0 spiro atoms. The number of unbranched alkanes of at least 4 members (excludes halogenated alkanes) is 1. The van der Waals surface area contributed by atoms with Gasteiger partial charge in [-0.2, -0.15) is 0 Å². The van der Waals surface area contributed by atoms with Crippen LogP contribution in [0.1, 0.15) is 45.1 Å². The Kier molecular flexibility index (Phi) is 8.77. The molecule has 156 valence electrons. The van der Waals surface area contributed by atoms with Crippen LogP contribution in [0.3, 0.4) is 0 Å². The van der Waals surface area contributed by atoms with E-state index in [-0.39, 0.29) is 17.2 Å². The maximum Gasteiger partial charge on any atom is 0.220 e. The third-order valence-electron chi connectivity index (χ3n) is 5.66. The molecule has 0 unspecified atom stereocenters. The molecule has 1 aliphatic heterocycles. The molecule has 4 N–H and O–H groups in total. The Labute approximate surface area is 170 Å². The Morgan fingerprint density at radius 1 is 1.18 bits per heavy atom. The van der Waals surface area contributed by atoms with Crippen molar-refractivity contribution >= 4 is 11.9 Å². The topological polar surface area (TPSA) is 82.8 Å². The molecule has 1 fully saturated rings. The Balaban J connectivity index is 1.61. The number of primary amides is 1. The fourth-order valence-corrected chi connectivity index (χ4v) is 3.62. The number of likely N-dealkylation sites (tertiary alicyclic amines) is 1. The zero-order chi connectivity index (χ0) is 20.4. The summed E-state index contributed by atoms with van der Waals surface area (Å²) in [6.07, 6.45) is 4.04. The summed E-state index contributed by atoms with van der Waals surface area (Å²) in [7, 11) is 1.81. The molecule has 6 nitrogen and oxygen atoms in total. The first kappa shape index (κ1) is 22.2. The fourth-order valence-electron chi connectivity index (χ4n) is 3.62. The summed E-state index contributed by atoms with van der Waals surface area (Å²) in [6, 6.07) is 10.6. The quantitative estimate of drug-likeness (QED) is 0.344. The van der Waals surface area contributed by atoms with Gasteiger partial charge >= 0.3 is 0 Å². The molecule has 1 aromatic carbocycles. The summed E-state index contributed by atoms with van der Waals surface area (Å²) in [6.45, 7) is 9.26. The molecule has 0 atom stereocenters. The smallest absolute Gasteiger partial charge is 0.220 e. The fraction of sp³-hybridized carbons (Fsp3) is 0.636. The molecular formula is C22H37N5O. The second-order valence-electron chi connectivity index (χ2n) is 8.33. The van der Waals surface area contributed by atoms with Crippen molar-refractivity contribution in [2.75, 3.05) is 39.8 Å². The first-order valence-corrected chi connectivity index (χ1v) is 10.4. The minimum absolute atomic E-state index is 0.0376. The molecule has 6 heteroatoms. The van der Waals surface area contributed by atoms with E-state index < -0.39 is 0 Å². The van der Waals surface area contributed by atoms with Crippen molar-refractivity contribution in [2.24, 2.45) is 16.6 Å². The van der Waals surface area contributed by atoms with E-state index in [1.165, 1.54) is 5.56 Å². The molecular weight excluding hydrogens is 350 g/mol. The van der Waals surface area contributed by atoms with Crippen LogP contribution in [0, 0.1) is 5.92 Å². The van der Waals surface area contributed by atoms with E-state index in [1.54, 1.807) is 0 Å². The lowest BCUT2D eigenvalue weighted by Gasteiger charge is -2.30.